The molecule has 2 heterocycles. The summed E-state index contributed by atoms with van der Waals surface area (Å²) in [6.07, 6.45) is 5.01. The maximum Gasteiger partial charge on any atom is 0.0931 e. The smallest absolute Gasteiger partial charge is 0.0931 e. The maximum atomic E-state index is 6.19. The predicted molar refractivity (Wildman–Crippen MR) is 81.8 cm³/mol. The summed E-state index contributed by atoms with van der Waals surface area (Å²) in [5, 5.41) is 4.63. The van der Waals surface area contributed by atoms with E-state index in [0.717, 1.165) is 34.2 Å². The highest BCUT2D eigenvalue weighted by atomic mass is 35.5. The third-order valence-corrected chi connectivity index (χ3v) is 4.73. The van der Waals surface area contributed by atoms with Crippen molar-refractivity contribution in [3.63, 3.8) is 0 Å². The fourth-order valence-electron chi connectivity index (χ4n) is 2.21. The van der Waals surface area contributed by atoms with Crippen LogP contribution in [0.3, 0.4) is 0 Å². The number of nitrogens with zero attached hydrogens (tertiary/aromatic N) is 2. The van der Waals surface area contributed by atoms with Gasteiger partial charge in [-0.2, -0.15) is 5.10 Å². The largest absolute Gasteiger partial charge is 0.323 e. The Balaban J connectivity index is 2.03. The van der Waals surface area contributed by atoms with E-state index in [1.54, 1.807) is 11.3 Å². The number of hydrogen-bond acceptors (Lipinski definition) is 3. The first kappa shape index (κ1) is 14.6. The third-order valence-electron chi connectivity index (χ3n) is 3.37. The summed E-state index contributed by atoms with van der Waals surface area (Å²) in [4.78, 5) is 1.11. The SMILES string of the molecule is CCC(CC)n1ccc(CC(N)c2ccc(Cl)s2)n1. The van der Waals surface area contributed by atoms with E-state index in [1.165, 1.54) is 0 Å². The zero-order valence-corrected chi connectivity index (χ0v) is 12.9. The van der Waals surface area contributed by atoms with E-state index >= 15 is 0 Å². The average molecular weight is 298 g/mol. The standard InChI is InChI=1S/C14H20ClN3S/c1-3-11(4-2)18-8-7-10(17-18)9-12(16)13-5-6-14(15)19-13/h5-8,11-12H,3-4,9,16H2,1-2H3. The molecule has 2 aromatic heterocycles. The van der Waals surface area contributed by atoms with Gasteiger partial charge in [-0.1, -0.05) is 25.4 Å². The second-order valence-electron chi connectivity index (χ2n) is 4.71. The molecule has 0 saturated heterocycles. The van der Waals surface area contributed by atoms with Crippen LogP contribution in [0.5, 0.6) is 0 Å². The second-order valence-corrected chi connectivity index (χ2v) is 6.46. The highest BCUT2D eigenvalue weighted by Crippen LogP contribution is 2.27. The van der Waals surface area contributed by atoms with E-state index in [1.807, 2.05) is 12.1 Å². The van der Waals surface area contributed by atoms with Crippen molar-refractivity contribution in [3.05, 3.63) is 39.3 Å². The molecule has 0 aliphatic rings. The van der Waals surface area contributed by atoms with E-state index in [2.05, 4.69) is 35.9 Å². The number of halogens is 1. The number of hydrogen-bond donors (Lipinski definition) is 1. The quantitative estimate of drug-likeness (QED) is 0.868. The number of nitrogens with two attached hydrogens (primary N) is 1. The van der Waals surface area contributed by atoms with E-state index in [9.17, 15) is 0 Å². The number of aromatic nitrogens is 2. The Morgan fingerprint density at radius 1 is 1.32 bits per heavy atom. The van der Waals surface area contributed by atoms with Gasteiger partial charge in [0.2, 0.25) is 0 Å². The molecular weight excluding hydrogens is 278 g/mol. The van der Waals surface area contributed by atoms with Crippen molar-refractivity contribution in [1.82, 2.24) is 9.78 Å². The molecule has 1 unspecified atom stereocenters. The van der Waals surface area contributed by atoms with Crippen molar-refractivity contribution < 1.29 is 0 Å². The van der Waals surface area contributed by atoms with E-state index < -0.39 is 0 Å². The van der Waals surface area contributed by atoms with Crippen LogP contribution in [0.4, 0.5) is 0 Å². The summed E-state index contributed by atoms with van der Waals surface area (Å²) in [6.45, 7) is 4.38. The summed E-state index contributed by atoms with van der Waals surface area (Å²) in [7, 11) is 0. The molecule has 0 saturated carbocycles. The van der Waals surface area contributed by atoms with Gasteiger partial charge in [-0.15, -0.1) is 11.3 Å². The second kappa shape index (κ2) is 6.55. The van der Waals surface area contributed by atoms with Gasteiger partial charge in [-0.3, -0.25) is 4.68 Å². The molecule has 0 amide bonds. The zero-order valence-electron chi connectivity index (χ0n) is 11.3. The van der Waals surface area contributed by atoms with E-state index in [-0.39, 0.29) is 6.04 Å². The molecule has 2 aromatic rings. The van der Waals surface area contributed by atoms with Crippen LogP contribution in [0.15, 0.2) is 24.4 Å². The van der Waals surface area contributed by atoms with E-state index in [4.69, 9.17) is 17.3 Å². The molecule has 0 aromatic carbocycles. The molecule has 0 aliphatic carbocycles. The molecule has 2 N–H and O–H groups in total. The Labute approximate surface area is 123 Å². The van der Waals surface area contributed by atoms with E-state index in [0.29, 0.717) is 6.04 Å². The summed E-state index contributed by atoms with van der Waals surface area (Å²) >= 11 is 7.48. The molecule has 0 fully saturated rings. The minimum atomic E-state index is -0.0254. The Morgan fingerprint density at radius 2 is 2.05 bits per heavy atom. The first-order chi connectivity index (χ1) is 9.13. The van der Waals surface area contributed by atoms with Crippen LogP contribution in [0, 0.1) is 0 Å². The lowest BCUT2D eigenvalue weighted by Gasteiger charge is -2.12. The molecule has 0 bridgehead atoms. The fraction of sp³-hybridized carbons (Fsp3) is 0.500. The molecule has 19 heavy (non-hydrogen) atoms. The topological polar surface area (TPSA) is 43.8 Å². The van der Waals surface area contributed by atoms with Crippen LogP contribution in [0.2, 0.25) is 4.34 Å². The first-order valence-corrected chi connectivity index (χ1v) is 7.88. The number of thiophene rings is 1. The normalized spacial score (nSPS) is 13.1. The van der Waals surface area contributed by atoms with Gasteiger partial charge >= 0.3 is 0 Å². The zero-order chi connectivity index (χ0) is 13.8. The van der Waals surface area contributed by atoms with Crippen LogP contribution in [-0.2, 0) is 6.42 Å². The van der Waals surface area contributed by atoms with Crippen molar-refractivity contribution >= 4 is 22.9 Å². The lowest BCUT2D eigenvalue weighted by atomic mass is 10.1. The Kier molecular flexibility index (Phi) is 5.02. The van der Waals surface area contributed by atoms with Crippen molar-refractivity contribution in [2.24, 2.45) is 5.73 Å². The van der Waals surface area contributed by atoms with Crippen molar-refractivity contribution in [2.45, 2.75) is 45.2 Å². The number of rotatable bonds is 6. The molecule has 0 spiro atoms. The van der Waals surface area contributed by atoms with Crippen LogP contribution >= 0.6 is 22.9 Å². The minimum Gasteiger partial charge on any atom is -0.323 e. The van der Waals surface area contributed by atoms with Crippen LogP contribution < -0.4 is 5.73 Å². The molecule has 1 atom stereocenters. The lowest BCUT2D eigenvalue weighted by Crippen LogP contribution is -2.13. The minimum absolute atomic E-state index is 0.0254. The van der Waals surface area contributed by atoms with Gasteiger partial charge in [-0.05, 0) is 31.0 Å². The van der Waals surface area contributed by atoms with Gasteiger partial charge in [0.25, 0.3) is 0 Å². The lowest BCUT2D eigenvalue weighted by molar-refractivity contribution is 0.424. The summed E-state index contributed by atoms with van der Waals surface area (Å²) in [6, 6.07) is 6.41. The van der Waals surface area contributed by atoms with Gasteiger partial charge in [-0.25, -0.2) is 0 Å². The molecule has 104 valence electrons. The Bertz CT molecular complexity index is 516. The molecule has 2 rings (SSSR count). The van der Waals surface area contributed by atoms with Crippen molar-refractivity contribution in [3.8, 4) is 0 Å². The summed E-state index contributed by atoms with van der Waals surface area (Å²) in [5.41, 5.74) is 7.24. The summed E-state index contributed by atoms with van der Waals surface area (Å²) in [5.74, 6) is 0. The van der Waals surface area contributed by atoms with Crippen LogP contribution in [-0.4, -0.2) is 9.78 Å². The molecule has 3 nitrogen and oxygen atoms in total. The molecule has 5 heteroatoms. The molecular formula is C14H20ClN3S. The van der Waals surface area contributed by atoms with Crippen LogP contribution in [0.25, 0.3) is 0 Å². The highest BCUT2D eigenvalue weighted by molar-refractivity contribution is 7.16. The van der Waals surface area contributed by atoms with Gasteiger partial charge in [0.1, 0.15) is 0 Å². The van der Waals surface area contributed by atoms with Crippen molar-refractivity contribution in [1.29, 1.82) is 0 Å². The van der Waals surface area contributed by atoms with Gasteiger partial charge in [0, 0.05) is 23.5 Å². The summed E-state index contributed by atoms with van der Waals surface area (Å²) < 4.78 is 2.84. The monoisotopic (exact) mass is 297 g/mol. The highest BCUT2D eigenvalue weighted by Gasteiger charge is 2.13. The Hall–Kier alpha value is -0.840. The molecule has 0 radical (unpaired) electrons. The first-order valence-electron chi connectivity index (χ1n) is 6.68. The Morgan fingerprint density at radius 3 is 2.63 bits per heavy atom. The van der Waals surface area contributed by atoms with Gasteiger partial charge in [0.15, 0.2) is 0 Å². The predicted octanol–water partition coefficient (Wildman–Crippen LogP) is 4.20. The average Bonchev–Trinajstić information content (AvgIpc) is 3.00. The van der Waals surface area contributed by atoms with Gasteiger partial charge < -0.3 is 5.73 Å². The fourth-order valence-corrected chi connectivity index (χ4v) is 3.27. The van der Waals surface area contributed by atoms with Gasteiger partial charge in [0.05, 0.1) is 16.1 Å². The van der Waals surface area contributed by atoms with Crippen molar-refractivity contribution in [2.75, 3.05) is 0 Å². The molecule has 0 aliphatic heterocycles. The maximum absolute atomic E-state index is 6.19. The van der Waals surface area contributed by atoms with Crippen LogP contribution in [0.1, 0.15) is 49.3 Å². The third kappa shape index (κ3) is 3.59.